The lowest BCUT2D eigenvalue weighted by Crippen LogP contribution is -2.44. The second kappa shape index (κ2) is 7.75. The van der Waals surface area contributed by atoms with Crippen LogP contribution in [0.3, 0.4) is 0 Å². The maximum Gasteiger partial charge on any atom is 0.254 e. The predicted molar refractivity (Wildman–Crippen MR) is 87.6 cm³/mol. The first-order valence-electron chi connectivity index (χ1n) is 8.50. The van der Waals surface area contributed by atoms with E-state index in [2.05, 4.69) is 9.88 Å². The van der Waals surface area contributed by atoms with Crippen molar-refractivity contribution in [3.63, 3.8) is 0 Å². The first kappa shape index (κ1) is 16.2. The minimum atomic E-state index is 0.0556. The van der Waals surface area contributed by atoms with Crippen molar-refractivity contribution in [2.75, 3.05) is 44.4 Å². The minimum absolute atomic E-state index is 0.0556. The minimum Gasteiger partial charge on any atom is -0.396 e. The van der Waals surface area contributed by atoms with E-state index in [9.17, 15) is 9.90 Å². The van der Waals surface area contributed by atoms with Gasteiger partial charge in [0.25, 0.3) is 5.91 Å². The van der Waals surface area contributed by atoms with Gasteiger partial charge in [0.1, 0.15) is 5.82 Å². The van der Waals surface area contributed by atoms with Gasteiger partial charge in [0.2, 0.25) is 0 Å². The molecule has 0 radical (unpaired) electrons. The summed E-state index contributed by atoms with van der Waals surface area (Å²) in [6.45, 7) is 3.92. The van der Waals surface area contributed by atoms with Crippen molar-refractivity contribution in [3.8, 4) is 0 Å². The number of anilines is 1. The molecular formula is C17H25N3O3. The Kier molecular flexibility index (Phi) is 5.46. The molecule has 0 aliphatic carbocycles. The molecule has 3 rings (SSSR count). The Balaban J connectivity index is 1.75. The van der Waals surface area contributed by atoms with Crippen LogP contribution in [0.25, 0.3) is 0 Å². The number of amides is 1. The van der Waals surface area contributed by atoms with E-state index in [-0.39, 0.29) is 18.6 Å². The van der Waals surface area contributed by atoms with Crippen LogP contribution in [0.15, 0.2) is 18.3 Å². The third kappa shape index (κ3) is 3.82. The Morgan fingerprint density at radius 2 is 2.13 bits per heavy atom. The van der Waals surface area contributed by atoms with Crippen LogP contribution in [0.1, 0.15) is 36.0 Å². The molecule has 2 fully saturated rings. The van der Waals surface area contributed by atoms with Crippen molar-refractivity contribution in [3.05, 3.63) is 23.9 Å². The molecule has 1 aromatic heterocycles. The van der Waals surface area contributed by atoms with Crippen LogP contribution in [-0.2, 0) is 4.74 Å². The summed E-state index contributed by atoms with van der Waals surface area (Å²) in [6, 6.07) is 3.83. The van der Waals surface area contributed by atoms with Crippen LogP contribution < -0.4 is 4.90 Å². The van der Waals surface area contributed by atoms with Gasteiger partial charge in [0, 0.05) is 44.0 Å². The monoisotopic (exact) mass is 319 g/mol. The van der Waals surface area contributed by atoms with Gasteiger partial charge in [0.15, 0.2) is 0 Å². The van der Waals surface area contributed by atoms with E-state index in [1.165, 1.54) is 0 Å². The molecule has 1 aromatic rings. The molecule has 23 heavy (non-hydrogen) atoms. The van der Waals surface area contributed by atoms with Gasteiger partial charge in [-0.15, -0.1) is 0 Å². The molecule has 2 aliphatic heterocycles. The molecule has 1 atom stereocenters. The van der Waals surface area contributed by atoms with Crippen molar-refractivity contribution < 1.29 is 14.6 Å². The van der Waals surface area contributed by atoms with E-state index in [0.717, 1.165) is 44.7 Å². The van der Waals surface area contributed by atoms with Crippen molar-refractivity contribution in [1.82, 2.24) is 9.88 Å². The Labute approximate surface area is 137 Å². The highest BCUT2D eigenvalue weighted by Crippen LogP contribution is 2.23. The number of carbonyl (C=O) groups is 1. The molecule has 0 aromatic carbocycles. The average molecular weight is 319 g/mol. The quantitative estimate of drug-likeness (QED) is 0.906. The number of ether oxygens (including phenoxy) is 1. The Hall–Kier alpha value is -1.66. The van der Waals surface area contributed by atoms with Gasteiger partial charge in [-0.2, -0.15) is 0 Å². The van der Waals surface area contributed by atoms with Crippen molar-refractivity contribution >= 4 is 11.7 Å². The van der Waals surface area contributed by atoms with Gasteiger partial charge in [-0.25, -0.2) is 4.98 Å². The number of hydrogen-bond donors (Lipinski definition) is 1. The second-order valence-electron chi connectivity index (χ2n) is 6.16. The molecule has 0 bridgehead atoms. The molecule has 6 nitrogen and oxygen atoms in total. The van der Waals surface area contributed by atoms with E-state index in [1.807, 2.05) is 11.0 Å². The molecule has 1 amide bonds. The number of carbonyl (C=O) groups excluding carboxylic acids is 1. The number of pyridine rings is 1. The van der Waals surface area contributed by atoms with Gasteiger partial charge in [-0.3, -0.25) is 4.79 Å². The van der Waals surface area contributed by atoms with Crippen molar-refractivity contribution in [2.45, 2.75) is 31.7 Å². The van der Waals surface area contributed by atoms with Crippen LogP contribution in [0.5, 0.6) is 0 Å². The zero-order chi connectivity index (χ0) is 16.1. The molecular weight excluding hydrogens is 294 g/mol. The number of aliphatic hydroxyl groups is 1. The van der Waals surface area contributed by atoms with Crippen LogP contribution in [0.2, 0.25) is 0 Å². The Morgan fingerprint density at radius 1 is 1.30 bits per heavy atom. The fraction of sp³-hybridized carbons (Fsp3) is 0.647. The van der Waals surface area contributed by atoms with Crippen LogP contribution >= 0.6 is 0 Å². The first-order chi connectivity index (χ1) is 11.3. The smallest absolute Gasteiger partial charge is 0.254 e. The zero-order valence-corrected chi connectivity index (χ0v) is 13.5. The highest BCUT2D eigenvalue weighted by molar-refractivity contribution is 5.95. The number of nitrogens with zero attached hydrogens (tertiary/aromatic N) is 3. The lowest BCUT2D eigenvalue weighted by Gasteiger charge is -2.36. The standard InChI is InChI=1S/C17H25N3O3/c21-10-5-15-3-1-2-7-20(15)17(22)14-4-6-18-16(13-14)19-8-11-23-12-9-19/h4,6,13,15,21H,1-3,5,7-12H2. The van der Waals surface area contributed by atoms with E-state index in [0.29, 0.717) is 25.2 Å². The summed E-state index contributed by atoms with van der Waals surface area (Å²) in [4.78, 5) is 21.4. The van der Waals surface area contributed by atoms with Crippen molar-refractivity contribution in [1.29, 1.82) is 0 Å². The molecule has 1 N–H and O–H groups in total. The molecule has 0 saturated carbocycles. The molecule has 1 unspecified atom stereocenters. The highest BCUT2D eigenvalue weighted by Gasteiger charge is 2.27. The number of aromatic nitrogens is 1. The summed E-state index contributed by atoms with van der Waals surface area (Å²) in [5.41, 5.74) is 0.686. The summed E-state index contributed by atoms with van der Waals surface area (Å²) in [5, 5.41) is 9.24. The first-order valence-corrected chi connectivity index (χ1v) is 8.50. The van der Waals surface area contributed by atoms with Crippen LogP contribution in [0.4, 0.5) is 5.82 Å². The van der Waals surface area contributed by atoms with Crippen LogP contribution in [-0.4, -0.2) is 66.4 Å². The maximum atomic E-state index is 12.9. The fourth-order valence-corrected chi connectivity index (χ4v) is 3.40. The summed E-state index contributed by atoms with van der Waals surface area (Å²) in [6.07, 6.45) is 5.52. The summed E-state index contributed by atoms with van der Waals surface area (Å²) >= 11 is 0. The van der Waals surface area contributed by atoms with E-state index < -0.39 is 0 Å². The maximum absolute atomic E-state index is 12.9. The number of likely N-dealkylation sites (tertiary alicyclic amines) is 1. The third-order valence-corrected chi connectivity index (χ3v) is 4.68. The fourth-order valence-electron chi connectivity index (χ4n) is 3.40. The van der Waals surface area contributed by atoms with Crippen molar-refractivity contribution in [2.24, 2.45) is 0 Å². The largest absolute Gasteiger partial charge is 0.396 e. The number of aliphatic hydroxyl groups excluding tert-OH is 1. The highest BCUT2D eigenvalue weighted by atomic mass is 16.5. The summed E-state index contributed by atoms with van der Waals surface area (Å²) in [5.74, 6) is 0.898. The molecule has 6 heteroatoms. The van der Waals surface area contributed by atoms with Gasteiger partial charge < -0.3 is 19.6 Å². The van der Waals surface area contributed by atoms with Gasteiger partial charge in [-0.1, -0.05) is 0 Å². The number of hydrogen-bond acceptors (Lipinski definition) is 5. The molecule has 2 saturated heterocycles. The lowest BCUT2D eigenvalue weighted by atomic mass is 9.98. The Morgan fingerprint density at radius 3 is 2.91 bits per heavy atom. The normalized spacial score (nSPS) is 22.2. The van der Waals surface area contributed by atoms with E-state index >= 15 is 0 Å². The Bertz CT molecular complexity index is 530. The molecule has 2 aliphatic rings. The van der Waals surface area contributed by atoms with E-state index in [4.69, 9.17) is 4.74 Å². The molecule has 126 valence electrons. The molecule has 0 spiro atoms. The number of piperidine rings is 1. The number of rotatable bonds is 4. The van der Waals surface area contributed by atoms with Crippen LogP contribution in [0, 0.1) is 0 Å². The summed E-state index contributed by atoms with van der Waals surface area (Å²) in [7, 11) is 0. The third-order valence-electron chi connectivity index (χ3n) is 4.68. The zero-order valence-electron chi connectivity index (χ0n) is 13.5. The van der Waals surface area contributed by atoms with Gasteiger partial charge in [-0.05, 0) is 37.8 Å². The molecule has 3 heterocycles. The number of morpholine rings is 1. The van der Waals surface area contributed by atoms with Gasteiger partial charge in [0.05, 0.1) is 13.2 Å². The topological polar surface area (TPSA) is 65.9 Å². The van der Waals surface area contributed by atoms with E-state index in [1.54, 1.807) is 12.3 Å². The predicted octanol–water partition coefficient (Wildman–Crippen LogP) is 1.30. The second-order valence-corrected chi connectivity index (χ2v) is 6.16. The average Bonchev–Trinajstić information content (AvgIpc) is 2.63. The summed E-state index contributed by atoms with van der Waals surface area (Å²) < 4.78 is 5.37. The van der Waals surface area contributed by atoms with Gasteiger partial charge >= 0.3 is 0 Å². The SMILES string of the molecule is O=C(c1ccnc(N2CCOCC2)c1)N1CCCCC1CCO. The lowest BCUT2D eigenvalue weighted by molar-refractivity contribution is 0.0574.